The van der Waals surface area contributed by atoms with Crippen LogP contribution in [0.5, 0.6) is 0 Å². The van der Waals surface area contributed by atoms with E-state index in [0.717, 1.165) is 44.1 Å². The third-order valence-corrected chi connectivity index (χ3v) is 3.65. The first-order chi connectivity index (χ1) is 9.72. The summed E-state index contributed by atoms with van der Waals surface area (Å²) in [6, 6.07) is 6.32. The summed E-state index contributed by atoms with van der Waals surface area (Å²) in [5.74, 6) is 0.714. The highest BCUT2D eigenvalue weighted by molar-refractivity contribution is 5.59. The fourth-order valence-corrected chi connectivity index (χ4v) is 2.55. The Kier molecular flexibility index (Phi) is 3.85. The molecule has 0 N–H and O–H groups in total. The molecule has 1 aromatic heterocycles. The number of aromatic nitrogens is 1. The van der Waals surface area contributed by atoms with E-state index in [2.05, 4.69) is 41.9 Å². The average Bonchev–Trinajstić information content (AvgIpc) is 2.88. The highest BCUT2D eigenvalue weighted by atomic mass is 16.5. The van der Waals surface area contributed by atoms with Gasteiger partial charge >= 0.3 is 0 Å². The Morgan fingerprint density at radius 2 is 2.00 bits per heavy atom. The van der Waals surface area contributed by atoms with Crippen molar-refractivity contribution in [2.24, 2.45) is 0 Å². The number of ether oxygens (including phenoxy) is 1. The van der Waals surface area contributed by atoms with Gasteiger partial charge in [0.2, 0.25) is 5.89 Å². The van der Waals surface area contributed by atoms with Gasteiger partial charge in [-0.3, -0.25) is 4.90 Å². The van der Waals surface area contributed by atoms with Crippen LogP contribution in [-0.4, -0.2) is 36.2 Å². The van der Waals surface area contributed by atoms with Crippen LogP contribution < -0.4 is 0 Å². The number of nitrogens with zero attached hydrogens (tertiary/aromatic N) is 2. The van der Waals surface area contributed by atoms with Crippen LogP contribution in [0.4, 0.5) is 0 Å². The van der Waals surface area contributed by atoms with Gasteiger partial charge in [0.15, 0.2) is 0 Å². The van der Waals surface area contributed by atoms with Crippen molar-refractivity contribution >= 4 is 0 Å². The van der Waals surface area contributed by atoms with E-state index in [4.69, 9.17) is 9.15 Å². The van der Waals surface area contributed by atoms with E-state index in [1.807, 2.05) is 0 Å². The van der Waals surface area contributed by atoms with Gasteiger partial charge in [0.25, 0.3) is 0 Å². The fraction of sp³-hybridized carbons (Fsp3) is 0.438. The quantitative estimate of drug-likeness (QED) is 0.861. The molecule has 1 fully saturated rings. The Balaban J connectivity index is 1.75. The maximum absolute atomic E-state index is 5.64. The van der Waals surface area contributed by atoms with E-state index in [1.165, 1.54) is 11.1 Å². The molecule has 106 valence electrons. The van der Waals surface area contributed by atoms with Crippen LogP contribution in [0.25, 0.3) is 11.5 Å². The van der Waals surface area contributed by atoms with Gasteiger partial charge in [-0.05, 0) is 25.5 Å². The number of hydrogen-bond acceptors (Lipinski definition) is 4. The Hall–Kier alpha value is -1.65. The molecule has 2 aromatic rings. The van der Waals surface area contributed by atoms with Crippen molar-refractivity contribution < 1.29 is 9.15 Å². The average molecular weight is 272 g/mol. The van der Waals surface area contributed by atoms with Crippen LogP contribution in [-0.2, 0) is 11.3 Å². The standard InChI is InChI=1S/C16H20N2O2/c1-12-3-4-15(13(2)9-12)16-17-14(11-20-16)10-18-5-7-19-8-6-18/h3-4,9,11H,5-8,10H2,1-2H3. The maximum Gasteiger partial charge on any atom is 0.226 e. The molecule has 4 heteroatoms. The van der Waals surface area contributed by atoms with Crippen molar-refractivity contribution in [3.63, 3.8) is 0 Å². The van der Waals surface area contributed by atoms with Gasteiger partial charge in [-0.1, -0.05) is 17.7 Å². The zero-order valence-electron chi connectivity index (χ0n) is 12.1. The summed E-state index contributed by atoms with van der Waals surface area (Å²) >= 11 is 0. The molecule has 0 atom stereocenters. The molecule has 0 spiro atoms. The summed E-state index contributed by atoms with van der Waals surface area (Å²) < 4.78 is 11.0. The smallest absolute Gasteiger partial charge is 0.226 e. The first-order valence-electron chi connectivity index (χ1n) is 7.04. The second-order valence-corrected chi connectivity index (χ2v) is 5.35. The molecule has 3 rings (SSSR count). The summed E-state index contributed by atoms with van der Waals surface area (Å²) in [5.41, 5.74) is 4.52. The van der Waals surface area contributed by atoms with Crippen LogP contribution in [0.1, 0.15) is 16.8 Å². The van der Waals surface area contributed by atoms with Gasteiger partial charge in [-0.25, -0.2) is 4.98 Å². The molecule has 2 heterocycles. The molecule has 1 aliphatic heterocycles. The van der Waals surface area contributed by atoms with E-state index < -0.39 is 0 Å². The summed E-state index contributed by atoms with van der Waals surface area (Å²) in [6.45, 7) is 8.56. The molecule has 1 aliphatic rings. The Morgan fingerprint density at radius 3 is 2.75 bits per heavy atom. The van der Waals surface area contributed by atoms with Crippen LogP contribution in [0.3, 0.4) is 0 Å². The van der Waals surface area contributed by atoms with Crippen LogP contribution in [0, 0.1) is 13.8 Å². The van der Waals surface area contributed by atoms with Gasteiger partial charge in [-0.15, -0.1) is 0 Å². The monoisotopic (exact) mass is 272 g/mol. The topological polar surface area (TPSA) is 38.5 Å². The highest BCUT2D eigenvalue weighted by Gasteiger charge is 2.14. The lowest BCUT2D eigenvalue weighted by Crippen LogP contribution is -2.35. The van der Waals surface area contributed by atoms with Gasteiger partial charge in [-0.2, -0.15) is 0 Å². The number of morpholine rings is 1. The molecule has 0 amide bonds. The highest BCUT2D eigenvalue weighted by Crippen LogP contribution is 2.24. The molecule has 4 nitrogen and oxygen atoms in total. The van der Waals surface area contributed by atoms with Crippen molar-refractivity contribution in [2.45, 2.75) is 20.4 Å². The summed E-state index contributed by atoms with van der Waals surface area (Å²) in [4.78, 5) is 6.96. The molecule has 0 aliphatic carbocycles. The van der Waals surface area contributed by atoms with Gasteiger partial charge < -0.3 is 9.15 Å². The van der Waals surface area contributed by atoms with Crippen molar-refractivity contribution in [3.8, 4) is 11.5 Å². The molecule has 1 saturated heterocycles. The fourth-order valence-electron chi connectivity index (χ4n) is 2.55. The van der Waals surface area contributed by atoms with E-state index in [1.54, 1.807) is 6.26 Å². The van der Waals surface area contributed by atoms with E-state index in [0.29, 0.717) is 5.89 Å². The van der Waals surface area contributed by atoms with E-state index in [-0.39, 0.29) is 0 Å². The SMILES string of the molecule is Cc1ccc(-c2nc(CN3CCOCC3)co2)c(C)c1. The first kappa shape index (κ1) is 13.3. The second kappa shape index (κ2) is 5.77. The predicted octanol–water partition coefficient (Wildman–Crippen LogP) is 2.79. The number of aryl methyl sites for hydroxylation is 2. The lowest BCUT2D eigenvalue weighted by molar-refractivity contribution is 0.0336. The van der Waals surface area contributed by atoms with Crippen LogP contribution in [0.15, 0.2) is 28.9 Å². The van der Waals surface area contributed by atoms with Crippen LogP contribution >= 0.6 is 0 Å². The number of benzene rings is 1. The summed E-state index contributed by atoms with van der Waals surface area (Å²) in [7, 11) is 0. The number of oxazole rings is 1. The molecular weight excluding hydrogens is 252 g/mol. The Morgan fingerprint density at radius 1 is 1.20 bits per heavy atom. The normalized spacial score (nSPS) is 16.5. The largest absolute Gasteiger partial charge is 0.444 e. The molecule has 0 radical (unpaired) electrons. The maximum atomic E-state index is 5.64. The van der Waals surface area contributed by atoms with Gasteiger partial charge in [0.1, 0.15) is 6.26 Å². The van der Waals surface area contributed by atoms with Gasteiger partial charge in [0, 0.05) is 25.2 Å². The van der Waals surface area contributed by atoms with Crippen molar-refractivity contribution in [1.29, 1.82) is 0 Å². The van der Waals surface area contributed by atoms with Gasteiger partial charge in [0.05, 0.1) is 18.9 Å². The van der Waals surface area contributed by atoms with Crippen molar-refractivity contribution in [2.75, 3.05) is 26.3 Å². The van der Waals surface area contributed by atoms with E-state index >= 15 is 0 Å². The molecule has 0 unspecified atom stereocenters. The summed E-state index contributed by atoms with van der Waals surface area (Å²) in [6.07, 6.45) is 1.77. The molecule has 0 bridgehead atoms. The molecule has 20 heavy (non-hydrogen) atoms. The van der Waals surface area contributed by atoms with Crippen molar-refractivity contribution in [1.82, 2.24) is 9.88 Å². The third kappa shape index (κ3) is 2.92. The predicted molar refractivity (Wildman–Crippen MR) is 77.5 cm³/mol. The minimum Gasteiger partial charge on any atom is -0.444 e. The molecule has 0 saturated carbocycles. The zero-order chi connectivity index (χ0) is 13.9. The molecular formula is C16H20N2O2. The lowest BCUT2D eigenvalue weighted by Gasteiger charge is -2.25. The first-order valence-corrected chi connectivity index (χ1v) is 7.04. The lowest BCUT2D eigenvalue weighted by atomic mass is 10.1. The Labute approximate surface area is 119 Å². The number of rotatable bonds is 3. The zero-order valence-corrected chi connectivity index (χ0v) is 12.1. The van der Waals surface area contributed by atoms with Crippen LogP contribution in [0.2, 0.25) is 0 Å². The molecule has 1 aromatic carbocycles. The number of hydrogen-bond donors (Lipinski definition) is 0. The summed E-state index contributed by atoms with van der Waals surface area (Å²) in [5, 5.41) is 0. The third-order valence-electron chi connectivity index (χ3n) is 3.65. The van der Waals surface area contributed by atoms with E-state index in [9.17, 15) is 0 Å². The minimum atomic E-state index is 0.714. The Bertz CT molecular complexity index is 586. The van der Waals surface area contributed by atoms with Crippen molar-refractivity contribution in [3.05, 3.63) is 41.3 Å². The second-order valence-electron chi connectivity index (χ2n) is 5.35. The minimum absolute atomic E-state index is 0.714.